The molecule has 1 atom stereocenters. The highest BCUT2D eigenvalue weighted by Crippen LogP contribution is 2.45. The third-order valence-corrected chi connectivity index (χ3v) is 16.9. The van der Waals surface area contributed by atoms with Gasteiger partial charge in [-0.2, -0.15) is 13.2 Å². The van der Waals surface area contributed by atoms with Gasteiger partial charge in [-0.3, -0.25) is 24.7 Å². The maximum Gasteiger partial charge on any atom is 0.405 e. The van der Waals surface area contributed by atoms with Crippen molar-refractivity contribution in [2.45, 2.75) is 50.2 Å². The lowest BCUT2D eigenvalue weighted by Crippen LogP contribution is -2.53. The molecule has 0 bridgehead atoms. The van der Waals surface area contributed by atoms with E-state index >= 15 is 0 Å². The van der Waals surface area contributed by atoms with Gasteiger partial charge in [0.2, 0.25) is 0 Å². The van der Waals surface area contributed by atoms with E-state index < -0.39 is 57.3 Å². The number of allylic oxidation sites excluding steroid dienone is 1. The summed E-state index contributed by atoms with van der Waals surface area (Å²) in [5.41, 5.74) is 4.18. The predicted octanol–water partition coefficient (Wildman–Crippen LogP) is 9.47. The number of alkyl halides is 3. The van der Waals surface area contributed by atoms with Gasteiger partial charge in [0.15, 0.2) is 0 Å². The molecule has 3 aromatic carbocycles. The van der Waals surface area contributed by atoms with E-state index in [-0.39, 0.29) is 53.6 Å². The number of piperazine rings is 1. The molecule has 15 nitrogen and oxygen atoms in total. The van der Waals surface area contributed by atoms with Crippen LogP contribution in [-0.2, 0) is 14.6 Å². The molecule has 2 aromatic heterocycles. The second kappa shape index (κ2) is 19.5. The molecule has 2 aliphatic heterocycles. The predicted molar refractivity (Wildman–Crippen MR) is 258 cm³/mol. The summed E-state index contributed by atoms with van der Waals surface area (Å²) in [5.74, 6) is -0.797. The van der Waals surface area contributed by atoms with E-state index in [1.54, 1.807) is 37.1 Å². The number of anilines is 2. The first-order chi connectivity index (χ1) is 32.1. The number of hydrogen-bond donors (Lipinski definition) is 3. The van der Waals surface area contributed by atoms with E-state index in [9.17, 15) is 41.1 Å². The van der Waals surface area contributed by atoms with Crippen LogP contribution in [0.25, 0.3) is 16.6 Å². The number of carbonyl (C=O) groups is 1. The first kappa shape index (κ1) is 49.0. The number of amides is 1. The standard InChI is InChI=1S/C47H53ClF3N8O7PS/c1-46(2)14-12-33(39(27-46)31-4-6-34(48)7-5-31)30-56-16-18-57(19-17-56)35-8-10-38(42(25-35)66-36-24-32-13-15-52-44(32)54-28-36)45(60)55-68(64,65)37-9-11-40(41(26-37)59(61)62)53-29-43(47(49,50)51)58-20-22-67(3,63)23-21-58/h4-11,13,15,24-26,28,43,53H,12,14,16-23,27,29-30H2,1-3H3,(H,52,54)(H,55,60). The van der Waals surface area contributed by atoms with Gasteiger partial charge < -0.3 is 24.5 Å². The van der Waals surface area contributed by atoms with Crippen molar-refractivity contribution in [2.24, 2.45) is 5.41 Å². The van der Waals surface area contributed by atoms with Crippen LogP contribution < -0.4 is 19.7 Å². The number of hydrogen-bond acceptors (Lipinski definition) is 12. The normalized spacial score (nSPS) is 18.6. The zero-order chi connectivity index (χ0) is 48.6. The maximum atomic E-state index is 14.2. The topological polar surface area (TPSA) is 183 Å². The largest absolute Gasteiger partial charge is 0.455 e. The second-order valence-electron chi connectivity index (χ2n) is 18.7. The number of ether oxygens (including phenoxy) is 1. The highest BCUT2D eigenvalue weighted by Gasteiger charge is 2.45. The quantitative estimate of drug-likeness (QED) is 0.0545. The van der Waals surface area contributed by atoms with Crippen LogP contribution in [0, 0.1) is 15.5 Å². The second-order valence-corrected chi connectivity index (χ2v) is 24.3. The molecule has 362 valence electrons. The molecule has 3 aliphatic rings. The average molecular weight is 997 g/mol. The van der Waals surface area contributed by atoms with Crippen molar-refractivity contribution in [1.29, 1.82) is 0 Å². The molecule has 2 saturated heterocycles. The number of sulfonamides is 1. The summed E-state index contributed by atoms with van der Waals surface area (Å²) in [6.45, 7) is 8.93. The molecule has 0 saturated carbocycles. The van der Waals surface area contributed by atoms with E-state index in [0.717, 1.165) is 67.0 Å². The third-order valence-electron chi connectivity index (χ3n) is 13.1. The van der Waals surface area contributed by atoms with E-state index in [2.05, 4.69) is 51.1 Å². The molecule has 3 N–H and O–H groups in total. The zero-order valence-corrected chi connectivity index (χ0v) is 40.3. The number of nitro benzene ring substituents is 1. The SMILES string of the molecule is CC1(C)CCC(CN2CCN(c3ccc(C(=O)NS(=O)(=O)c4ccc(NCC(N5CCP(C)(=O)CC5)C(F)(F)F)c([N+](=O)[O-])c4)c(Oc4cnc5[nH]ccc5c4)c3)CC2)=C(c2ccc(Cl)cc2)C1. The number of nitrogens with zero attached hydrogens (tertiary/aromatic N) is 5. The number of rotatable bonds is 14. The number of carbonyl (C=O) groups excluding carboxylic acids is 1. The minimum absolute atomic E-state index is 0.0251. The van der Waals surface area contributed by atoms with Gasteiger partial charge in [-0.05, 0) is 91.0 Å². The summed E-state index contributed by atoms with van der Waals surface area (Å²) in [4.78, 5) is 37.7. The fourth-order valence-corrected chi connectivity index (χ4v) is 11.8. The highest BCUT2D eigenvalue weighted by atomic mass is 35.5. The average Bonchev–Trinajstić information content (AvgIpc) is 3.75. The van der Waals surface area contributed by atoms with Crippen molar-refractivity contribution in [3.8, 4) is 11.5 Å². The van der Waals surface area contributed by atoms with Gasteiger partial charge in [-0.25, -0.2) is 18.1 Å². The fourth-order valence-electron chi connectivity index (χ4n) is 9.07. The number of H-pyrrole nitrogens is 1. The van der Waals surface area contributed by atoms with Gasteiger partial charge in [0.1, 0.15) is 28.9 Å². The first-order valence-electron chi connectivity index (χ1n) is 22.3. The van der Waals surface area contributed by atoms with Crippen molar-refractivity contribution in [3.05, 3.63) is 117 Å². The Hall–Kier alpha value is -5.46. The Balaban J connectivity index is 0.997. The number of aromatic nitrogens is 2. The number of nitro groups is 1. The van der Waals surface area contributed by atoms with E-state index in [1.807, 2.05) is 16.9 Å². The van der Waals surface area contributed by atoms with Crippen LogP contribution >= 0.6 is 18.7 Å². The van der Waals surface area contributed by atoms with Gasteiger partial charge >= 0.3 is 6.18 Å². The van der Waals surface area contributed by atoms with Crippen LogP contribution in [-0.4, -0.2) is 123 Å². The lowest BCUT2D eigenvalue weighted by Gasteiger charge is -2.39. The summed E-state index contributed by atoms with van der Waals surface area (Å²) >= 11 is 6.23. The van der Waals surface area contributed by atoms with Crippen LogP contribution in [0.15, 0.2) is 95.7 Å². The number of benzene rings is 3. The van der Waals surface area contributed by atoms with Crippen molar-refractivity contribution in [1.82, 2.24) is 24.5 Å². The molecule has 1 amide bonds. The van der Waals surface area contributed by atoms with Crippen molar-refractivity contribution in [2.75, 3.05) is 81.6 Å². The van der Waals surface area contributed by atoms with Crippen LogP contribution in [0.2, 0.25) is 5.02 Å². The molecule has 21 heteroatoms. The lowest BCUT2D eigenvalue weighted by atomic mass is 9.72. The van der Waals surface area contributed by atoms with Gasteiger partial charge in [0.25, 0.3) is 21.6 Å². The molecule has 1 unspecified atom stereocenters. The fraction of sp³-hybridized carbons (Fsp3) is 0.404. The van der Waals surface area contributed by atoms with Crippen molar-refractivity contribution in [3.63, 3.8) is 0 Å². The van der Waals surface area contributed by atoms with E-state index in [4.69, 9.17) is 16.3 Å². The van der Waals surface area contributed by atoms with Crippen molar-refractivity contribution >= 4 is 68.3 Å². The molecule has 2 fully saturated rings. The monoisotopic (exact) mass is 996 g/mol. The third kappa shape index (κ3) is 11.5. The molecular weight excluding hydrogens is 944 g/mol. The Morgan fingerprint density at radius 1 is 1.01 bits per heavy atom. The Bertz CT molecular complexity index is 2890. The number of pyridine rings is 1. The van der Waals surface area contributed by atoms with Crippen LogP contribution in [0.5, 0.6) is 11.5 Å². The Kier molecular flexibility index (Phi) is 14.0. The van der Waals surface area contributed by atoms with Crippen LogP contribution in [0.4, 0.5) is 30.2 Å². The van der Waals surface area contributed by atoms with Gasteiger partial charge in [-0.15, -0.1) is 0 Å². The molecule has 5 aromatic rings. The molecule has 0 spiro atoms. The maximum absolute atomic E-state index is 14.2. The summed E-state index contributed by atoms with van der Waals surface area (Å²) in [5, 5.41) is 16.1. The van der Waals surface area contributed by atoms with E-state index in [0.29, 0.717) is 29.8 Å². The molecule has 4 heterocycles. The molecule has 0 radical (unpaired) electrons. The van der Waals surface area contributed by atoms with Gasteiger partial charge in [-0.1, -0.05) is 43.2 Å². The summed E-state index contributed by atoms with van der Waals surface area (Å²) in [6.07, 6.45) is 1.75. The van der Waals surface area contributed by atoms with Crippen molar-refractivity contribution < 1.29 is 40.6 Å². The molecular formula is C47H53ClF3N8O7PS. The minimum Gasteiger partial charge on any atom is -0.455 e. The summed E-state index contributed by atoms with van der Waals surface area (Å²) in [7, 11) is -7.34. The minimum atomic E-state index is -4.80. The Morgan fingerprint density at radius 3 is 2.43 bits per heavy atom. The smallest absolute Gasteiger partial charge is 0.405 e. The molecule has 1 aliphatic carbocycles. The first-order valence-corrected chi connectivity index (χ1v) is 26.7. The molecule has 8 rings (SSSR count). The van der Waals surface area contributed by atoms with Crippen LogP contribution in [0.1, 0.15) is 49.0 Å². The number of halogens is 4. The number of aromatic amines is 1. The number of fused-ring (bicyclic) bond motifs is 1. The molecule has 68 heavy (non-hydrogen) atoms. The van der Waals surface area contributed by atoms with Gasteiger partial charge in [0, 0.05) is 99.1 Å². The lowest BCUT2D eigenvalue weighted by molar-refractivity contribution is -0.384. The highest BCUT2D eigenvalue weighted by molar-refractivity contribution is 7.90. The Morgan fingerprint density at radius 2 is 1.74 bits per heavy atom. The van der Waals surface area contributed by atoms with E-state index in [1.165, 1.54) is 29.0 Å². The van der Waals surface area contributed by atoms with Gasteiger partial charge in [0.05, 0.1) is 28.7 Å². The summed E-state index contributed by atoms with van der Waals surface area (Å²) < 4.78 is 90.8. The number of nitrogens with one attached hydrogen (secondary N) is 3. The zero-order valence-electron chi connectivity index (χ0n) is 37.8. The Labute approximate surface area is 397 Å². The van der Waals surface area contributed by atoms with Crippen LogP contribution in [0.3, 0.4) is 0 Å². The summed E-state index contributed by atoms with van der Waals surface area (Å²) in [6, 6.07) is 16.9.